The van der Waals surface area contributed by atoms with Gasteiger partial charge in [-0.2, -0.15) is 0 Å². The van der Waals surface area contributed by atoms with Crippen LogP contribution in [0.2, 0.25) is 0 Å². The zero-order valence-corrected chi connectivity index (χ0v) is 19.3. The lowest BCUT2D eigenvalue weighted by Crippen LogP contribution is -2.36. The van der Waals surface area contributed by atoms with E-state index >= 15 is 0 Å². The fraction of sp³-hybridized carbons (Fsp3) is 0.320. The summed E-state index contributed by atoms with van der Waals surface area (Å²) in [6.07, 6.45) is 1.57. The maximum Gasteiger partial charge on any atom is 0.243 e. The predicted octanol–water partition coefficient (Wildman–Crippen LogP) is 3.49. The van der Waals surface area contributed by atoms with Crippen molar-refractivity contribution in [2.75, 3.05) is 50.1 Å². The van der Waals surface area contributed by atoms with E-state index < -0.39 is 11.6 Å². The standard InChI is InChI=1S/C25H26F2N4O4/c1-30(16-23(32)29-18-3-5-19(6-4-18)31-10-12-34-13-11-31)25(33)9-8-24-28-15-22(35-24)20-7-2-17(26)14-21(20)27/h2-7,14-15H,8-13,16H2,1H3,(H,29,32). The Morgan fingerprint density at radius 1 is 1.11 bits per heavy atom. The molecule has 8 nitrogen and oxygen atoms in total. The van der Waals surface area contributed by atoms with Gasteiger partial charge in [-0.1, -0.05) is 0 Å². The molecule has 0 atom stereocenters. The van der Waals surface area contributed by atoms with E-state index in [0.29, 0.717) is 18.9 Å². The summed E-state index contributed by atoms with van der Waals surface area (Å²) in [7, 11) is 1.54. The van der Waals surface area contributed by atoms with Gasteiger partial charge in [-0.15, -0.1) is 0 Å². The van der Waals surface area contributed by atoms with E-state index in [1.165, 1.54) is 17.2 Å². The van der Waals surface area contributed by atoms with Crippen molar-refractivity contribution in [2.24, 2.45) is 0 Å². The number of amides is 2. The van der Waals surface area contributed by atoms with Gasteiger partial charge >= 0.3 is 0 Å². The zero-order valence-electron chi connectivity index (χ0n) is 19.3. The average Bonchev–Trinajstić information content (AvgIpc) is 3.32. The average molecular weight is 485 g/mol. The van der Waals surface area contributed by atoms with Crippen LogP contribution in [0.3, 0.4) is 0 Å². The quantitative estimate of drug-likeness (QED) is 0.527. The van der Waals surface area contributed by atoms with E-state index in [1.807, 2.05) is 24.3 Å². The number of likely N-dealkylation sites (N-methyl/N-ethyl adjacent to an activating group) is 1. The Kier molecular flexibility index (Phi) is 7.71. The second kappa shape index (κ2) is 11.1. The molecule has 1 aliphatic heterocycles. The Morgan fingerprint density at radius 3 is 2.57 bits per heavy atom. The van der Waals surface area contributed by atoms with E-state index in [4.69, 9.17) is 9.15 Å². The molecule has 1 fully saturated rings. The topological polar surface area (TPSA) is 87.9 Å². The maximum atomic E-state index is 13.9. The van der Waals surface area contributed by atoms with Crippen molar-refractivity contribution in [3.63, 3.8) is 0 Å². The summed E-state index contributed by atoms with van der Waals surface area (Å²) in [5.41, 5.74) is 1.80. The van der Waals surface area contributed by atoms with Gasteiger partial charge in [-0.3, -0.25) is 9.59 Å². The van der Waals surface area contributed by atoms with Gasteiger partial charge in [0.1, 0.15) is 11.6 Å². The Morgan fingerprint density at radius 2 is 1.86 bits per heavy atom. The molecule has 35 heavy (non-hydrogen) atoms. The molecule has 2 amide bonds. The minimum atomic E-state index is -0.759. The number of anilines is 2. The first-order valence-electron chi connectivity index (χ1n) is 11.3. The van der Waals surface area contributed by atoms with Crippen LogP contribution in [0.25, 0.3) is 11.3 Å². The van der Waals surface area contributed by atoms with Crippen molar-refractivity contribution in [1.82, 2.24) is 9.88 Å². The van der Waals surface area contributed by atoms with Gasteiger partial charge < -0.3 is 24.3 Å². The molecule has 0 radical (unpaired) electrons. The number of hydrogen-bond acceptors (Lipinski definition) is 6. The zero-order chi connectivity index (χ0) is 24.8. The molecule has 0 bridgehead atoms. The van der Waals surface area contributed by atoms with Gasteiger partial charge in [-0.05, 0) is 36.4 Å². The van der Waals surface area contributed by atoms with Crippen molar-refractivity contribution >= 4 is 23.2 Å². The number of morpholine rings is 1. The molecular formula is C25H26F2N4O4. The van der Waals surface area contributed by atoms with Gasteiger partial charge in [0.2, 0.25) is 11.8 Å². The number of rotatable bonds is 8. The van der Waals surface area contributed by atoms with Crippen molar-refractivity contribution in [1.29, 1.82) is 0 Å². The van der Waals surface area contributed by atoms with E-state index in [-0.39, 0.29) is 48.4 Å². The van der Waals surface area contributed by atoms with E-state index in [2.05, 4.69) is 15.2 Å². The normalized spacial score (nSPS) is 13.5. The molecular weight excluding hydrogens is 458 g/mol. The molecule has 0 aliphatic carbocycles. The smallest absolute Gasteiger partial charge is 0.243 e. The first-order chi connectivity index (χ1) is 16.9. The van der Waals surface area contributed by atoms with Crippen molar-refractivity contribution in [3.05, 3.63) is 66.2 Å². The number of oxazole rings is 1. The van der Waals surface area contributed by atoms with Crippen LogP contribution >= 0.6 is 0 Å². The number of carbonyl (C=O) groups excluding carboxylic acids is 2. The number of carbonyl (C=O) groups is 2. The van der Waals surface area contributed by atoms with E-state index in [1.54, 1.807) is 7.05 Å². The van der Waals surface area contributed by atoms with Gasteiger partial charge in [0.05, 0.1) is 31.5 Å². The summed E-state index contributed by atoms with van der Waals surface area (Å²) in [6.45, 7) is 2.94. The third-order valence-electron chi connectivity index (χ3n) is 5.64. The summed E-state index contributed by atoms with van der Waals surface area (Å²) in [5.74, 6) is -1.63. The highest BCUT2D eigenvalue weighted by Crippen LogP contribution is 2.24. The van der Waals surface area contributed by atoms with Crippen LogP contribution in [0.4, 0.5) is 20.2 Å². The molecule has 184 valence electrons. The van der Waals surface area contributed by atoms with Gasteiger partial charge in [0, 0.05) is 50.4 Å². The SMILES string of the molecule is CN(CC(=O)Nc1ccc(N2CCOCC2)cc1)C(=O)CCc1ncc(-c2ccc(F)cc2F)o1. The molecule has 0 unspecified atom stereocenters. The summed E-state index contributed by atoms with van der Waals surface area (Å²) in [4.78, 5) is 32.4. The highest BCUT2D eigenvalue weighted by atomic mass is 19.1. The molecule has 0 spiro atoms. The number of halogens is 2. The Hall–Kier alpha value is -3.79. The van der Waals surface area contributed by atoms with Crippen LogP contribution in [-0.4, -0.2) is 61.6 Å². The van der Waals surface area contributed by atoms with Crippen LogP contribution in [-0.2, 0) is 20.7 Å². The Balaban J connectivity index is 1.24. The maximum absolute atomic E-state index is 13.9. The number of hydrogen-bond donors (Lipinski definition) is 1. The summed E-state index contributed by atoms with van der Waals surface area (Å²) in [5, 5.41) is 2.79. The van der Waals surface area contributed by atoms with Crippen LogP contribution < -0.4 is 10.2 Å². The molecule has 4 rings (SSSR count). The lowest BCUT2D eigenvalue weighted by atomic mass is 10.2. The molecule has 10 heteroatoms. The van der Waals surface area contributed by atoms with Crippen molar-refractivity contribution in [3.8, 4) is 11.3 Å². The van der Waals surface area contributed by atoms with Crippen LogP contribution in [0.15, 0.2) is 53.1 Å². The Labute approximate surface area is 201 Å². The number of aromatic nitrogens is 1. The third kappa shape index (κ3) is 6.42. The number of aryl methyl sites for hydroxylation is 1. The monoisotopic (exact) mass is 484 g/mol. The minimum absolute atomic E-state index is 0.0594. The Bertz CT molecular complexity index is 1180. The first kappa shape index (κ1) is 24.3. The van der Waals surface area contributed by atoms with Crippen LogP contribution in [0.5, 0.6) is 0 Å². The van der Waals surface area contributed by atoms with E-state index in [0.717, 1.165) is 30.9 Å². The molecule has 1 aliphatic rings. The van der Waals surface area contributed by atoms with E-state index in [9.17, 15) is 18.4 Å². The number of nitrogens with one attached hydrogen (secondary N) is 1. The first-order valence-corrected chi connectivity index (χ1v) is 11.3. The van der Waals surface area contributed by atoms with Gasteiger partial charge in [-0.25, -0.2) is 13.8 Å². The van der Waals surface area contributed by atoms with Gasteiger partial charge in [0.15, 0.2) is 11.7 Å². The minimum Gasteiger partial charge on any atom is -0.441 e. The number of benzene rings is 2. The second-order valence-electron chi connectivity index (χ2n) is 8.19. The molecule has 2 heterocycles. The lowest BCUT2D eigenvalue weighted by molar-refractivity contribution is -0.133. The second-order valence-corrected chi connectivity index (χ2v) is 8.19. The molecule has 2 aromatic carbocycles. The molecule has 1 saturated heterocycles. The molecule has 0 saturated carbocycles. The fourth-order valence-corrected chi connectivity index (χ4v) is 3.73. The van der Waals surface area contributed by atoms with Crippen LogP contribution in [0, 0.1) is 11.6 Å². The fourth-order valence-electron chi connectivity index (χ4n) is 3.73. The summed E-state index contributed by atoms with van der Waals surface area (Å²) < 4.78 is 37.9. The molecule has 1 aromatic heterocycles. The number of nitrogens with zero attached hydrogens (tertiary/aromatic N) is 3. The van der Waals surface area contributed by atoms with Crippen molar-refractivity contribution in [2.45, 2.75) is 12.8 Å². The van der Waals surface area contributed by atoms with Crippen LogP contribution in [0.1, 0.15) is 12.3 Å². The largest absolute Gasteiger partial charge is 0.441 e. The van der Waals surface area contributed by atoms with Crippen molar-refractivity contribution < 1.29 is 27.5 Å². The third-order valence-corrected chi connectivity index (χ3v) is 5.64. The highest BCUT2D eigenvalue weighted by molar-refractivity contribution is 5.94. The summed E-state index contributed by atoms with van der Waals surface area (Å²) >= 11 is 0. The number of ether oxygens (including phenoxy) is 1. The summed E-state index contributed by atoms with van der Waals surface area (Å²) in [6, 6.07) is 10.7. The molecule has 1 N–H and O–H groups in total. The lowest BCUT2D eigenvalue weighted by Gasteiger charge is -2.28. The highest BCUT2D eigenvalue weighted by Gasteiger charge is 2.17. The van der Waals surface area contributed by atoms with Gasteiger partial charge in [0.25, 0.3) is 0 Å². The molecule has 3 aromatic rings. The predicted molar refractivity (Wildman–Crippen MR) is 126 cm³/mol.